The number of aryl methyl sites for hydroxylation is 1. The van der Waals surface area contributed by atoms with Gasteiger partial charge in [0, 0.05) is 55.0 Å². The number of aromatic nitrogens is 1. The average Bonchev–Trinajstić information content (AvgIpc) is 3.28. The molecule has 126 valence electrons. The van der Waals surface area contributed by atoms with Crippen molar-refractivity contribution in [2.75, 3.05) is 13.6 Å². The highest BCUT2D eigenvalue weighted by Crippen LogP contribution is 2.48. The van der Waals surface area contributed by atoms with Gasteiger partial charge in [-0.15, -0.1) is 0 Å². The van der Waals surface area contributed by atoms with Crippen LogP contribution in [0.5, 0.6) is 5.75 Å². The summed E-state index contributed by atoms with van der Waals surface area (Å²) in [5, 5.41) is 0. The summed E-state index contributed by atoms with van der Waals surface area (Å²) in [4.78, 5) is 13.3. The van der Waals surface area contributed by atoms with E-state index >= 15 is 0 Å². The van der Waals surface area contributed by atoms with Crippen molar-refractivity contribution in [1.82, 2.24) is 9.47 Å². The largest absolute Gasteiger partial charge is 0.354 e. The summed E-state index contributed by atoms with van der Waals surface area (Å²) in [7, 11) is 4.44. The topological polar surface area (TPSA) is 26.6 Å². The van der Waals surface area contributed by atoms with Gasteiger partial charge >= 0.3 is 0 Å². The average molecular weight is 324 g/mol. The van der Waals surface area contributed by atoms with Crippen LogP contribution in [0.15, 0.2) is 30.5 Å². The lowest BCUT2D eigenvalue weighted by molar-refractivity contribution is -0.195. The molecule has 0 radical (unpaired) electrons. The molecular formula is C20H24N2O2. The predicted octanol–water partition coefficient (Wildman–Crippen LogP) is 3.05. The highest BCUT2D eigenvalue weighted by molar-refractivity contribution is 5.50. The molecule has 4 nitrogen and oxygen atoms in total. The highest BCUT2D eigenvalue weighted by atomic mass is 17.2. The maximum Gasteiger partial charge on any atom is 0.174 e. The van der Waals surface area contributed by atoms with E-state index in [1.54, 1.807) is 0 Å². The Morgan fingerprint density at radius 2 is 2.12 bits per heavy atom. The summed E-state index contributed by atoms with van der Waals surface area (Å²) >= 11 is 0. The molecule has 24 heavy (non-hydrogen) atoms. The van der Waals surface area contributed by atoms with Crippen molar-refractivity contribution < 1.29 is 9.78 Å². The van der Waals surface area contributed by atoms with Crippen LogP contribution in [-0.2, 0) is 31.4 Å². The number of fused-ring (bicyclic) bond motifs is 5. The van der Waals surface area contributed by atoms with Crippen LogP contribution < -0.4 is 4.89 Å². The third-order valence-electron chi connectivity index (χ3n) is 6.39. The molecule has 3 aliphatic rings. The first kappa shape index (κ1) is 14.6. The maximum absolute atomic E-state index is 5.48. The fraction of sp³-hybridized carbons (Fsp3) is 0.500. The van der Waals surface area contributed by atoms with Gasteiger partial charge in [0.25, 0.3) is 0 Å². The predicted molar refractivity (Wildman–Crippen MR) is 91.9 cm³/mol. The van der Waals surface area contributed by atoms with Crippen LogP contribution in [0.25, 0.3) is 0 Å². The van der Waals surface area contributed by atoms with Gasteiger partial charge in [0.2, 0.25) is 0 Å². The Balaban J connectivity index is 1.47. The molecule has 0 amide bonds. The number of benzene rings is 1. The number of nitrogens with zero attached hydrogens (tertiary/aromatic N) is 2. The molecule has 1 aromatic carbocycles. The fourth-order valence-corrected chi connectivity index (χ4v) is 5.11. The molecule has 1 aliphatic carbocycles. The molecule has 3 atom stereocenters. The van der Waals surface area contributed by atoms with E-state index in [0.717, 1.165) is 31.1 Å². The molecule has 3 unspecified atom stereocenters. The van der Waals surface area contributed by atoms with Crippen LogP contribution in [-0.4, -0.2) is 29.1 Å². The van der Waals surface area contributed by atoms with Crippen LogP contribution in [0.4, 0.5) is 0 Å². The van der Waals surface area contributed by atoms with Crippen molar-refractivity contribution in [2.24, 2.45) is 13.0 Å². The van der Waals surface area contributed by atoms with Crippen LogP contribution in [0.1, 0.15) is 34.7 Å². The molecular weight excluding hydrogens is 300 g/mol. The molecule has 0 N–H and O–H groups in total. The Bertz CT molecular complexity index is 782. The van der Waals surface area contributed by atoms with Crippen molar-refractivity contribution in [1.29, 1.82) is 0 Å². The Morgan fingerprint density at radius 3 is 2.96 bits per heavy atom. The summed E-state index contributed by atoms with van der Waals surface area (Å²) < 4.78 is 2.26. The van der Waals surface area contributed by atoms with Crippen molar-refractivity contribution in [3.8, 4) is 5.75 Å². The van der Waals surface area contributed by atoms with Gasteiger partial charge in [0.15, 0.2) is 5.75 Å². The van der Waals surface area contributed by atoms with Gasteiger partial charge in [0.1, 0.15) is 6.61 Å². The normalized spacial score (nSPS) is 28.3. The van der Waals surface area contributed by atoms with E-state index in [-0.39, 0.29) is 0 Å². The van der Waals surface area contributed by atoms with E-state index in [9.17, 15) is 0 Å². The lowest BCUT2D eigenvalue weighted by Gasteiger charge is -2.32. The summed E-state index contributed by atoms with van der Waals surface area (Å²) in [5.74, 6) is 2.37. The first-order valence-corrected chi connectivity index (χ1v) is 8.97. The zero-order valence-electron chi connectivity index (χ0n) is 14.4. The molecule has 0 bridgehead atoms. The van der Waals surface area contributed by atoms with Crippen molar-refractivity contribution in [3.63, 3.8) is 0 Å². The molecule has 2 aromatic rings. The number of likely N-dealkylation sites (N-methyl/N-ethyl adjacent to an activating group) is 1. The second-order valence-electron chi connectivity index (χ2n) is 7.60. The van der Waals surface area contributed by atoms with Crippen molar-refractivity contribution in [2.45, 2.75) is 37.8 Å². The summed E-state index contributed by atoms with van der Waals surface area (Å²) in [6.45, 7) is 1.74. The van der Waals surface area contributed by atoms with Crippen molar-refractivity contribution in [3.05, 3.63) is 52.8 Å². The minimum atomic E-state index is 0.590. The molecule has 1 saturated heterocycles. The van der Waals surface area contributed by atoms with Crippen molar-refractivity contribution >= 4 is 0 Å². The summed E-state index contributed by atoms with van der Waals surface area (Å²) in [5.41, 5.74) is 5.54. The Kier molecular flexibility index (Phi) is 3.25. The van der Waals surface area contributed by atoms with Crippen LogP contribution in [0, 0.1) is 5.92 Å². The Hall–Kier alpha value is -1.78. The van der Waals surface area contributed by atoms with E-state index in [2.05, 4.69) is 54.0 Å². The summed E-state index contributed by atoms with van der Waals surface area (Å²) in [6.07, 6.45) is 5.65. The molecule has 0 spiro atoms. The summed E-state index contributed by atoms with van der Waals surface area (Å²) in [6, 6.07) is 9.58. The van der Waals surface area contributed by atoms with Gasteiger partial charge in [-0.2, -0.15) is 4.89 Å². The number of hydrogen-bond acceptors (Lipinski definition) is 3. The SMILES string of the molecule is CN1CC2c3ccc4c(c3CCC2C1Cc1cccn1C)OOC4. The Labute approximate surface area is 142 Å². The second kappa shape index (κ2) is 5.36. The first-order valence-electron chi connectivity index (χ1n) is 8.97. The first-order chi connectivity index (χ1) is 11.7. The van der Waals surface area contributed by atoms with Gasteiger partial charge in [-0.05, 0) is 43.5 Å². The van der Waals surface area contributed by atoms with Gasteiger partial charge < -0.3 is 14.4 Å². The molecule has 1 aromatic heterocycles. The third-order valence-corrected chi connectivity index (χ3v) is 6.39. The molecule has 5 rings (SSSR count). The second-order valence-corrected chi connectivity index (χ2v) is 7.60. The molecule has 2 aliphatic heterocycles. The van der Waals surface area contributed by atoms with E-state index in [1.807, 2.05) is 0 Å². The lowest BCUT2D eigenvalue weighted by atomic mass is 9.73. The quantitative estimate of drug-likeness (QED) is 0.795. The molecule has 0 saturated carbocycles. The van der Waals surface area contributed by atoms with Crippen LogP contribution >= 0.6 is 0 Å². The van der Waals surface area contributed by atoms with Gasteiger partial charge in [-0.3, -0.25) is 0 Å². The zero-order chi connectivity index (χ0) is 16.3. The van der Waals surface area contributed by atoms with E-state index in [0.29, 0.717) is 18.6 Å². The minimum Gasteiger partial charge on any atom is -0.354 e. The van der Waals surface area contributed by atoms with E-state index in [4.69, 9.17) is 9.78 Å². The van der Waals surface area contributed by atoms with Gasteiger partial charge in [-0.25, -0.2) is 0 Å². The van der Waals surface area contributed by atoms with Crippen LogP contribution in [0.3, 0.4) is 0 Å². The number of likely N-dealkylation sites (tertiary alicyclic amines) is 1. The van der Waals surface area contributed by atoms with Gasteiger partial charge in [-0.1, -0.05) is 12.1 Å². The van der Waals surface area contributed by atoms with Crippen LogP contribution in [0.2, 0.25) is 0 Å². The van der Waals surface area contributed by atoms with Gasteiger partial charge in [0.05, 0.1) is 0 Å². The molecule has 3 heterocycles. The third kappa shape index (κ3) is 2.06. The number of hydrogen-bond donors (Lipinski definition) is 0. The van der Waals surface area contributed by atoms with E-state index in [1.165, 1.54) is 28.8 Å². The molecule has 1 fully saturated rings. The molecule has 4 heteroatoms. The Morgan fingerprint density at radius 1 is 1.21 bits per heavy atom. The zero-order valence-corrected chi connectivity index (χ0v) is 14.4. The smallest absolute Gasteiger partial charge is 0.174 e. The lowest BCUT2D eigenvalue weighted by Crippen LogP contribution is -2.33. The monoisotopic (exact) mass is 324 g/mol. The number of rotatable bonds is 2. The minimum absolute atomic E-state index is 0.590. The fourth-order valence-electron chi connectivity index (χ4n) is 5.11. The standard InChI is InChI=1S/C20H24N2O2/c1-21-9-3-4-14(21)10-19-16-7-8-17-15(18(16)11-22(19)2)6-5-13-12-23-24-20(13)17/h3-6,9,16,18-19H,7-8,10-12H2,1-2H3. The maximum atomic E-state index is 5.48. The van der Waals surface area contributed by atoms with E-state index < -0.39 is 0 Å². The highest BCUT2D eigenvalue weighted by Gasteiger charge is 2.44.